The number of hydrogen-bond donors (Lipinski definition) is 1. The molecule has 128 valence electrons. The van der Waals surface area contributed by atoms with E-state index in [2.05, 4.69) is 5.32 Å². The van der Waals surface area contributed by atoms with E-state index >= 15 is 0 Å². The molecule has 0 aliphatic carbocycles. The predicted molar refractivity (Wildman–Crippen MR) is 90.9 cm³/mol. The van der Waals surface area contributed by atoms with E-state index in [1.54, 1.807) is 25.1 Å². The first-order valence-electron chi connectivity index (χ1n) is 7.67. The first-order valence-corrected chi connectivity index (χ1v) is 9.48. The van der Waals surface area contributed by atoms with Gasteiger partial charge in [0.1, 0.15) is 0 Å². The van der Waals surface area contributed by atoms with Crippen molar-refractivity contribution in [3.63, 3.8) is 0 Å². The second-order valence-corrected chi connectivity index (χ2v) is 8.71. The Morgan fingerprint density at radius 3 is 2.57 bits per heavy atom. The third-order valence-corrected chi connectivity index (χ3v) is 6.80. The molecule has 1 aromatic rings. The van der Waals surface area contributed by atoms with Crippen LogP contribution in [0.4, 0.5) is 0 Å². The van der Waals surface area contributed by atoms with Gasteiger partial charge < -0.3 is 5.32 Å². The Morgan fingerprint density at radius 2 is 2.00 bits per heavy atom. The number of nitrogens with one attached hydrogen (secondary N) is 1. The van der Waals surface area contributed by atoms with E-state index < -0.39 is 10.0 Å². The molecule has 1 fully saturated rings. The van der Waals surface area contributed by atoms with Gasteiger partial charge in [0.05, 0.1) is 4.90 Å². The van der Waals surface area contributed by atoms with E-state index in [0.717, 1.165) is 0 Å². The van der Waals surface area contributed by atoms with Crippen molar-refractivity contribution >= 4 is 27.5 Å². The van der Waals surface area contributed by atoms with E-state index in [4.69, 9.17) is 11.6 Å². The van der Waals surface area contributed by atoms with Crippen molar-refractivity contribution in [2.24, 2.45) is 11.8 Å². The van der Waals surface area contributed by atoms with Crippen molar-refractivity contribution in [2.75, 3.05) is 13.1 Å². The predicted octanol–water partition coefficient (Wildman–Crippen LogP) is 2.43. The highest BCUT2D eigenvalue weighted by Gasteiger charge is 2.41. The van der Waals surface area contributed by atoms with Crippen molar-refractivity contribution in [3.8, 4) is 0 Å². The molecule has 1 N–H and O–H groups in total. The molecular formula is C16H23ClN2O3S. The highest BCUT2D eigenvalue weighted by atomic mass is 35.5. The zero-order valence-electron chi connectivity index (χ0n) is 13.8. The number of carbonyl (C=O) groups excluding carboxylic acids is 1. The molecule has 1 amide bonds. The van der Waals surface area contributed by atoms with E-state index in [-0.39, 0.29) is 35.2 Å². The molecule has 5 nitrogen and oxygen atoms in total. The van der Waals surface area contributed by atoms with Crippen LogP contribution in [0.5, 0.6) is 0 Å². The minimum atomic E-state index is -3.63. The van der Waals surface area contributed by atoms with Crippen LogP contribution in [-0.2, 0) is 14.8 Å². The SMILES string of the molecule is CC(=O)N[C@@H]1CN(S(=O)(=O)c2cccc(Cl)c2C)C[C@H]1C(C)C. The summed E-state index contributed by atoms with van der Waals surface area (Å²) in [7, 11) is -3.63. The maximum atomic E-state index is 13.0. The zero-order chi connectivity index (χ0) is 17.4. The summed E-state index contributed by atoms with van der Waals surface area (Å²) < 4.78 is 27.4. The Kier molecular flexibility index (Phi) is 5.38. The van der Waals surface area contributed by atoms with Crippen LogP contribution in [0, 0.1) is 18.8 Å². The molecule has 1 aliphatic rings. The van der Waals surface area contributed by atoms with Gasteiger partial charge in [-0.25, -0.2) is 8.42 Å². The molecular weight excluding hydrogens is 336 g/mol. The molecule has 7 heteroatoms. The average Bonchev–Trinajstić information content (AvgIpc) is 2.85. The molecule has 0 spiro atoms. The minimum absolute atomic E-state index is 0.0909. The summed E-state index contributed by atoms with van der Waals surface area (Å²) in [5.74, 6) is 0.222. The van der Waals surface area contributed by atoms with Gasteiger partial charge in [-0.15, -0.1) is 0 Å². The molecule has 2 rings (SSSR count). The molecule has 1 aromatic carbocycles. The molecule has 2 atom stereocenters. The number of sulfonamides is 1. The van der Waals surface area contributed by atoms with Crippen LogP contribution in [0.1, 0.15) is 26.3 Å². The molecule has 0 unspecified atom stereocenters. The molecule has 23 heavy (non-hydrogen) atoms. The largest absolute Gasteiger partial charge is 0.352 e. The van der Waals surface area contributed by atoms with Gasteiger partial charge in [0.2, 0.25) is 15.9 Å². The number of halogens is 1. The fourth-order valence-corrected chi connectivity index (χ4v) is 5.06. The van der Waals surface area contributed by atoms with E-state index in [1.807, 2.05) is 13.8 Å². The summed E-state index contributed by atoms with van der Waals surface area (Å²) in [6.45, 7) is 7.93. The quantitative estimate of drug-likeness (QED) is 0.898. The lowest BCUT2D eigenvalue weighted by Gasteiger charge is -2.22. The molecule has 0 bridgehead atoms. The second-order valence-electron chi connectivity index (χ2n) is 6.40. The van der Waals surface area contributed by atoms with E-state index in [0.29, 0.717) is 17.1 Å². The Labute approximate surface area is 143 Å². The maximum Gasteiger partial charge on any atom is 0.243 e. The Balaban J connectivity index is 2.34. The standard InChI is InChI=1S/C16H23ClN2O3S/c1-10(2)13-8-19(9-15(13)18-12(4)20)23(21,22)16-7-5-6-14(17)11(16)3/h5-7,10,13,15H,8-9H2,1-4H3,(H,18,20)/t13-,15+/m0/s1. The van der Waals surface area contributed by atoms with E-state index in [9.17, 15) is 13.2 Å². The normalized spacial score (nSPS) is 22.5. The van der Waals surface area contributed by atoms with Crippen LogP contribution in [-0.4, -0.2) is 37.8 Å². The van der Waals surface area contributed by atoms with Gasteiger partial charge in [0.25, 0.3) is 0 Å². The Hall–Kier alpha value is -1.11. The number of hydrogen-bond acceptors (Lipinski definition) is 3. The summed E-state index contributed by atoms with van der Waals surface area (Å²) in [6, 6.07) is 4.73. The minimum Gasteiger partial charge on any atom is -0.352 e. The van der Waals surface area contributed by atoms with Gasteiger partial charge in [-0.3, -0.25) is 4.79 Å². The van der Waals surface area contributed by atoms with Crippen LogP contribution >= 0.6 is 11.6 Å². The summed E-state index contributed by atoms with van der Waals surface area (Å²) in [5, 5.41) is 3.32. The summed E-state index contributed by atoms with van der Waals surface area (Å²) in [4.78, 5) is 11.6. The summed E-state index contributed by atoms with van der Waals surface area (Å²) in [6.07, 6.45) is 0. The summed E-state index contributed by atoms with van der Waals surface area (Å²) in [5.41, 5.74) is 0.554. The number of nitrogens with zero attached hydrogens (tertiary/aromatic N) is 1. The monoisotopic (exact) mass is 358 g/mol. The van der Waals surface area contributed by atoms with Crippen LogP contribution in [0.2, 0.25) is 5.02 Å². The van der Waals surface area contributed by atoms with E-state index in [1.165, 1.54) is 11.2 Å². The second kappa shape index (κ2) is 6.79. The summed E-state index contributed by atoms with van der Waals surface area (Å²) >= 11 is 6.06. The lowest BCUT2D eigenvalue weighted by molar-refractivity contribution is -0.119. The van der Waals surface area contributed by atoms with Crippen molar-refractivity contribution in [2.45, 2.75) is 38.6 Å². The van der Waals surface area contributed by atoms with Gasteiger partial charge in [-0.2, -0.15) is 4.31 Å². The molecule has 1 aliphatic heterocycles. The highest BCUT2D eigenvalue weighted by Crippen LogP contribution is 2.31. The molecule has 0 radical (unpaired) electrons. The molecule has 0 aromatic heterocycles. The topological polar surface area (TPSA) is 66.5 Å². The Morgan fingerprint density at radius 1 is 1.35 bits per heavy atom. The van der Waals surface area contributed by atoms with Crippen molar-refractivity contribution < 1.29 is 13.2 Å². The van der Waals surface area contributed by atoms with Gasteiger partial charge in [-0.1, -0.05) is 31.5 Å². The lowest BCUT2D eigenvalue weighted by atomic mass is 9.91. The van der Waals surface area contributed by atoms with Crippen LogP contribution in [0.15, 0.2) is 23.1 Å². The smallest absolute Gasteiger partial charge is 0.243 e. The van der Waals surface area contributed by atoms with Crippen LogP contribution in [0.25, 0.3) is 0 Å². The average molecular weight is 359 g/mol. The van der Waals surface area contributed by atoms with Gasteiger partial charge in [-0.05, 0) is 36.5 Å². The van der Waals surface area contributed by atoms with Gasteiger partial charge >= 0.3 is 0 Å². The molecule has 1 heterocycles. The van der Waals surface area contributed by atoms with Gasteiger partial charge in [0.15, 0.2) is 0 Å². The first kappa shape index (κ1) is 18.2. The maximum absolute atomic E-state index is 13.0. The van der Waals surface area contributed by atoms with Crippen molar-refractivity contribution in [3.05, 3.63) is 28.8 Å². The third-order valence-electron chi connectivity index (χ3n) is 4.41. The first-order chi connectivity index (χ1) is 10.6. The third kappa shape index (κ3) is 3.70. The Bertz CT molecular complexity index is 703. The number of benzene rings is 1. The van der Waals surface area contributed by atoms with Crippen LogP contribution < -0.4 is 5.32 Å². The van der Waals surface area contributed by atoms with Gasteiger partial charge in [0, 0.05) is 31.1 Å². The number of amides is 1. The fraction of sp³-hybridized carbons (Fsp3) is 0.562. The highest BCUT2D eigenvalue weighted by molar-refractivity contribution is 7.89. The molecule has 0 saturated carbocycles. The van der Waals surface area contributed by atoms with Crippen molar-refractivity contribution in [1.29, 1.82) is 0 Å². The van der Waals surface area contributed by atoms with Crippen molar-refractivity contribution in [1.82, 2.24) is 9.62 Å². The van der Waals surface area contributed by atoms with Crippen LogP contribution in [0.3, 0.4) is 0 Å². The zero-order valence-corrected chi connectivity index (χ0v) is 15.4. The number of carbonyl (C=O) groups is 1. The fourth-order valence-electron chi connectivity index (χ4n) is 3.08. The molecule has 1 saturated heterocycles. The number of rotatable bonds is 4. The lowest BCUT2D eigenvalue weighted by Crippen LogP contribution is -2.41.